The highest BCUT2D eigenvalue weighted by Gasteiger charge is 2.52. The van der Waals surface area contributed by atoms with E-state index in [0.717, 1.165) is 17.1 Å². The zero-order chi connectivity index (χ0) is 47.7. The Hall–Kier alpha value is -8.98. The molecule has 72 heavy (non-hydrogen) atoms. The quantitative estimate of drug-likeness (QED) is 0.161. The highest BCUT2D eigenvalue weighted by atomic mass is 15.1. The van der Waals surface area contributed by atoms with Crippen molar-refractivity contribution >= 4 is 38.9 Å². The Morgan fingerprint density at radius 1 is 0.319 bits per heavy atom. The molecule has 3 aliphatic carbocycles. The summed E-state index contributed by atoms with van der Waals surface area (Å²) in [5.41, 5.74) is 27.1. The molecular weight excluding hydrogens is 869 g/mol. The molecule has 0 bridgehead atoms. The fourth-order valence-electron chi connectivity index (χ4n) is 13.2. The second-order valence-electron chi connectivity index (χ2n) is 20.4. The molecule has 3 aliphatic rings. The van der Waals surface area contributed by atoms with E-state index in [4.69, 9.17) is 0 Å². The second kappa shape index (κ2) is 15.3. The van der Waals surface area contributed by atoms with E-state index in [1.807, 2.05) is 0 Å². The summed E-state index contributed by atoms with van der Waals surface area (Å²) in [4.78, 5) is 2.49. The Morgan fingerprint density at radius 2 is 0.833 bits per heavy atom. The number of rotatable bonds is 6. The SMILES string of the molecule is CC1(C)c2ccccc2-c2cc3c4cc(-c5ccc(N(c6cccc(-c7ccccc7)c6)c6cccc7c6-c6ccccc6C76c7ccccc7-c7ccccc76)cc5)ccc4n(-c4ccccc4)c3cc21. The van der Waals surface area contributed by atoms with Gasteiger partial charge < -0.3 is 9.47 Å². The third-order valence-corrected chi connectivity index (χ3v) is 16.4. The van der Waals surface area contributed by atoms with Crippen molar-refractivity contribution in [2.24, 2.45) is 0 Å². The second-order valence-corrected chi connectivity index (χ2v) is 20.4. The molecule has 0 atom stereocenters. The molecule has 15 rings (SSSR count). The van der Waals surface area contributed by atoms with Gasteiger partial charge in [-0.25, -0.2) is 0 Å². The van der Waals surface area contributed by atoms with E-state index in [9.17, 15) is 0 Å². The van der Waals surface area contributed by atoms with E-state index < -0.39 is 5.41 Å². The van der Waals surface area contributed by atoms with Crippen LogP contribution in [0.1, 0.15) is 47.2 Å². The summed E-state index contributed by atoms with van der Waals surface area (Å²) in [6.45, 7) is 4.74. The van der Waals surface area contributed by atoms with Crippen molar-refractivity contribution in [3.63, 3.8) is 0 Å². The maximum absolute atomic E-state index is 2.49. The summed E-state index contributed by atoms with van der Waals surface area (Å²) in [6, 6.07) is 95.2. The number of aromatic nitrogens is 1. The number of benzene rings is 11. The van der Waals surface area contributed by atoms with E-state index in [1.165, 1.54) is 117 Å². The van der Waals surface area contributed by atoms with E-state index in [2.05, 4.69) is 278 Å². The fraction of sp³-hybridized carbons (Fsp3) is 0.0571. The van der Waals surface area contributed by atoms with Crippen molar-refractivity contribution in [2.75, 3.05) is 4.90 Å². The Morgan fingerprint density at radius 3 is 1.54 bits per heavy atom. The molecule has 338 valence electrons. The van der Waals surface area contributed by atoms with Crippen LogP contribution in [-0.2, 0) is 10.8 Å². The predicted molar refractivity (Wildman–Crippen MR) is 300 cm³/mol. The minimum atomic E-state index is -0.446. The molecular formula is C70H48N2. The number of nitrogens with zero attached hydrogens (tertiary/aromatic N) is 2. The zero-order valence-corrected chi connectivity index (χ0v) is 40.1. The lowest BCUT2D eigenvalue weighted by Gasteiger charge is -2.32. The average Bonchev–Trinajstić information content (AvgIpc) is 4.11. The van der Waals surface area contributed by atoms with E-state index in [0.29, 0.717) is 0 Å². The van der Waals surface area contributed by atoms with Crippen LogP contribution in [-0.4, -0.2) is 4.57 Å². The van der Waals surface area contributed by atoms with Crippen molar-refractivity contribution in [2.45, 2.75) is 24.7 Å². The first-order chi connectivity index (χ1) is 35.5. The van der Waals surface area contributed by atoms with Crippen LogP contribution in [0.4, 0.5) is 17.1 Å². The van der Waals surface area contributed by atoms with Gasteiger partial charge >= 0.3 is 0 Å². The van der Waals surface area contributed by atoms with Crippen LogP contribution >= 0.6 is 0 Å². The Labute approximate surface area is 420 Å². The van der Waals surface area contributed by atoms with Gasteiger partial charge in [-0.2, -0.15) is 0 Å². The van der Waals surface area contributed by atoms with Gasteiger partial charge in [-0.3, -0.25) is 0 Å². The monoisotopic (exact) mass is 916 g/mol. The minimum Gasteiger partial charge on any atom is -0.310 e. The molecule has 0 fully saturated rings. The van der Waals surface area contributed by atoms with Gasteiger partial charge in [0, 0.05) is 38.8 Å². The third-order valence-electron chi connectivity index (χ3n) is 16.4. The summed E-state index contributed by atoms with van der Waals surface area (Å²) in [5, 5.41) is 2.52. The van der Waals surface area contributed by atoms with Gasteiger partial charge in [0.15, 0.2) is 0 Å². The van der Waals surface area contributed by atoms with Crippen LogP contribution in [0.3, 0.4) is 0 Å². The van der Waals surface area contributed by atoms with Crippen molar-refractivity contribution in [3.8, 4) is 61.3 Å². The van der Waals surface area contributed by atoms with Crippen LogP contribution < -0.4 is 4.90 Å². The molecule has 0 saturated heterocycles. The molecule has 0 amide bonds. The smallest absolute Gasteiger partial charge is 0.0726 e. The molecule has 2 heteroatoms. The first-order valence-electron chi connectivity index (χ1n) is 25.3. The van der Waals surface area contributed by atoms with Crippen LogP contribution in [0.2, 0.25) is 0 Å². The first kappa shape index (κ1) is 40.9. The molecule has 0 radical (unpaired) electrons. The van der Waals surface area contributed by atoms with Crippen molar-refractivity contribution in [3.05, 3.63) is 288 Å². The van der Waals surface area contributed by atoms with Crippen molar-refractivity contribution in [1.82, 2.24) is 4.57 Å². The first-order valence-corrected chi connectivity index (χ1v) is 25.3. The maximum atomic E-state index is 2.49. The van der Waals surface area contributed by atoms with Crippen LogP contribution in [0.15, 0.2) is 255 Å². The molecule has 0 aliphatic heterocycles. The number of fused-ring (bicyclic) bond motifs is 16. The zero-order valence-electron chi connectivity index (χ0n) is 40.1. The molecule has 1 heterocycles. The van der Waals surface area contributed by atoms with E-state index in [1.54, 1.807) is 0 Å². The van der Waals surface area contributed by atoms with Gasteiger partial charge in [0.1, 0.15) is 0 Å². The van der Waals surface area contributed by atoms with Gasteiger partial charge in [-0.05, 0) is 150 Å². The van der Waals surface area contributed by atoms with Crippen LogP contribution in [0.25, 0.3) is 83.1 Å². The summed E-state index contributed by atoms with van der Waals surface area (Å²) in [5.74, 6) is 0. The summed E-state index contributed by atoms with van der Waals surface area (Å²) in [7, 11) is 0. The van der Waals surface area contributed by atoms with Crippen LogP contribution in [0.5, 0.6) is 0 Å². The number of anilines is 3. The number of hydrogen-bond acceptors (Lipinski definition) is 1. The molecule has 11 aromatic carbocycles. The molecule has 0 N–H and O–H groups in total. The van der Waals surface area contributed by atoms with E-state index >= 15 is 0 Å². The van der Waals surface area contributed by atoms with Gasteiger partial charge in [0.05, 0.1) is 22.1 Å². The number of hydrogen-bond donors (Lipinski definition) is 0. The standard InChI is InChI=1S/C70H48N2/c1-69(2)59-29-13-9-27-54(59)56-43-58-57-42-48(37-40-65(57)72(67(58)44-64(56)69)49-22-7-4-8-23-49)46-35-38-50(39-36-46)71(51-24-17-21-47(41-51)45-19-5-3-6-20-45)66-34-18-33-63-68(66)55-28-12-16-32-62(55)70(63)60-30-14-10-25-52(60)53-26-11-15-31-61(53)70/h3-44H,1-2H3. The molecule has 12 aromatic rings. The van der Waals surface area contributed by atoms with Crippen LogP contribution in [0, 0.1) is 0 Å². The fourth-order valence-corrected chi connectivity index (χ4v) is 13.2. The molecule has 1 aromatic heterocycles. The summed E-state index contributed by atoms with van der Waals surface area (Å²) < 4.78 is 2.46. The van der Waals surface area contributed by atoms with Gasteiger partial charge in [0.25, 0.3) is 0 Å². The predicted octanol–water partition coefficient (Wildman–Crippen LogP) is 18.2. The largest absolute Gasteiger partial charge is 0.310 e. The van der Waals surface area contributed by atoms with Crippen molar-refractivity contribution in [1.29, 1.82) is 0 Å². The third kappa shape index (κ3) is 5.61. The molecule has 0 unspecified atom stereocenters. The molecule has 1 spiro atoms. The lowest BCUT2D eigenvalue weighted by atomic mass is 9.70. The van der Waals surface area contributed by atoms with E-state index in [-0.39, 0.29) is 5.41 Å². The van der Waals surface area contributed by atoms with Gasteiger partial charge in [-0.15, -0.1) is 0 Å². The summed E-state index contributed by atoms with van der Waals surface area (Å²) in [6.07, 6.45) is 0. The lowest BCUT2D eigenvalue weighted by molar-refractivity contribution is 0.661. The topological polar surface area (TPSA) is 8.17 Å². The average molecular weight is 917 g/mol. The van der Waals surface area contributed by atoms with Gasteiger partial charge in [-0.1, -0.05) is 202 Å². The lowest BCUT2D eigenvalue weighted by Crippen LogP contribution is -2.26. The minimum absolute atomic E-state index is 0.0975. The molecule has 2 nitrogen and oxygen atoms in total. The summed E-state index contributed by atoms with van der Waals surface area (Å²) >= 11 is 0. The Balaban J connectivity index is 0.917. The van der Waals surface area contributed by atoms with Crippen molar-refractivity contribution < 1.29 is 0 Å². The maximum Gasteiger partial charge on any atom is 0.0726 e. The Bertz CT molecular complexity index is 4130. The highest BCUT2D eigenvalue weighted by molar-refractivity contribution is 6.13. The molecule has 0 saturated carbocycles. The normalized spacial score (nSPS) is 13.9. The number of para-hydroxylation sites is 1. The highest BCUT2D eigenvalue weighted by Crippen LogP contribution is 2.65. The Kier molecular flexibility index (Phi) is 8.66. The van der Waals surface area contributed by atoms with Gasteiger partial charge in [0.2, 0.25) is 0 Å².